The van der Waals surface area contributed by atoms with Gasteiger partial charge in [0.25, 0.3) is 11.8 Å². The zero-order chi connectivity index (χ0) is 17.9. The van der Waals surface area contributed by atoms with Gasteiger partial charge in [0.15, 0.2) is 5.76 Å². The van der Waals surface area contributed by atoms with Crippen molar-refractivity contribution in [1.82, 2.24) is 4.98 Å². The minimum atomic E-state index is -0.359. The lowest BCUT2D eigenvalue weighted by Crippen LogP contribution is -2.10. The van der Waals surface area contributed by atoms with Crippen molar-refractivity contribution in [2.24, 2.45) is 0 Å². The molecule has 1 aromatic carbocycles. The van der Waals surface area contributed by atoms with Crippen LogP contribution in [0.15, 0.2) is 71.5 Å². The largest absolute Gasteiger partial charge is 0.459 e. The van der Waals surface area contributed by atoms with Crippen LogP contribution < -0.4 is 10.6 Å². The van der Waals surface area contributed by atoms with Gasteiger partial charge in [0, 0.05) is 5.39 Å². The summed E-state index contributed by atoms with van der Waals surface area (Å²) in [5.41, 5.74) is 1.48. The SMILES string of the molecule is O=C(Nc1ccc(C(=O)Nc2cnc3ccccc3c2)s1)c1ccco1. The van der Waals surface area contributed by atoms with E-state index in [0.29, 0.717) is 15.6 Å². The van der Waals surface area contributed by atoms with E-state index in [0.717, 1.165) is 10.9 Å². The number of carbonyl (C=O) groups excluding carboxylic acids is 2. The average molecular weight is 363 g/mol. The molecule has 3 aromatic heterocycles. The molecule has 0 aliphatic rings. The highest BCUT2D eigenvalue weighted by atomic mass is 32.1. The van der Waals surface area contributed by atoms with Crippen molar-refractivity contribution in [2.75, 3.05) is 10.6 Å². The number of fused-ring (bicyclic) bond motifs is 1. The summed E-state index contributed by atoms with van der Waals surface area (Å²) < 4.78 is 5.04. The van der Waals surface area contributed by atoms with E-state index in [4.69, 9.17) is 4.42 Å². The minimum Gasteiger partial charge on any atom is -0.459 e. The smallest absolute Gasteiger partial charge is 0.291 e. The van der Waals surface area contributed by atoms with E-state index in [2.05, 4.69) is 15.6 Å². The zero-order valence-corrected chi connectivity index (χ0v) is 14.2. The van der Waals surface area contributed by atoms with Crippen molar-refractivity contribution in [1.29, 1.82) is 0 Å². The maximum atomic E-state index is 12.4. The standard InChI is InChI=1S/C19H13N3O3S/c23-18(15-6-3-9-25-15)22-17-8-7-16(26-17)19(24)21-13-10-12-4-1-2-5-14(12)20-11-13/h1-11H,(H,21,24)(H,22,23). The Labute approximate surface area is 152 Å². The number of hydrogen-bond acceptors (Lipinski definition) is 5. The van der Waals surface area contributed by atoms with Crippen LogP contribution >= 0.6 is 11.3 Å². The van der Waals surface area contributed by atoms with Crippen LogP contribution in [0.2, 0.25) is 0 Å². The van der Waals surface area contributed by atoms with Gasteiger partial charge < -0.3 is 15.1 Å². The predicted molar refractivity (Wildman–Crippen MR) is 101 cm³/mol. The molecular formula is C19H13N3O3S. The van der Waals surface area contributed by atoms with Crippen molar-refractivity contribution in [3.8, 4) is 0 Å². The van der Waals surface area contributed by atoms with E-state index in [1.165, 1.54) is 17.6 Å². The van der Waals surface area contributed by atoms with Gasteiger partial charge in [0.1, 0.15) is 0 Å². The number of furan rings is 1. The van der Waals surface area contributed by atoms with E-state index in [-0.39, 0.29) is 17.6 Å². The number of thiophene rings is 1. The number of pyridine rings is 1. The first-order valence-electron chi connectivity index (χ1n) is 7.80. The number of carbonyl (C=O) groups is 2. The second-order valence-corrected chi connectivity index (χ2v) is 6.55. The molecule has 0 spiro atoms. The highest BCUT2D eigenvalue weighted by molar-refractivity contribution is 7.18. The summed E-state index contributed by atoms with van der Waals surface area (Å²) in [6, 6.07) is 16.1. The maximum absolute atomic E-state index is 12.4. The second kappa shape index (κ2) is 6.81. The van der Waals surface area contributed by atoms with E-state index < -0.39 is 0 Å². The summed E-state index contributed by atoms with van der Waals surface area (Å²) in [6.45, 7) is 0. The molecule has 2 amide bonds. The van der Waals surface area contributed by atoms with Crippen LogP contribution in [0.4, 0.5) is 10.7 Å². The molecule has 0 fully saturated rings. The molecule has 0 radical (unpaired) electrons. The molecule has 0 atom stereocenters. The Kier molecular flexibility index (Phi) is 4.20. The topological polar surface area (TPSA) is 84.2 Å². The van der Waals surface area contributed by atoms with Crippen molar-refractivity contribution < 1.29 is 14.0 Å². The molecule has 2 N–H and O–H groups in total. The molecule has 6 nitrogen and oxygen atoms in total. The summed E-state index contributed by atoms with van der Waals surface area (Å²) in [4.78, 5) is 29.2. The van der Waals surface area contributed by atoms with Gasteiger partial charge in [0.2, 0.25) is 0 Å². The third-order valence-corrected chi connectivity index (χ3v) is 4.66. The molecule has 0 aliphatic heterocycles. The highest BCUT2D eigenvalue weighted by Gasteiger charge is 2.13. The number of para-hydroxylation sites is 1. The summed E-state index contributed by atoms with van der Waals surface area (Å²) in [7, 11) is 0. The number of hydrogen-bond donors (Lipinski definition) is 2. The quantitative estimate of drug-likeness (QED) is 0.563. The molecule has 7 heteroatoms. The Morgan fingerprint density at radius 3 is 2.69 bits per heavy atom. The fraction of sp³-hybridized carbons (Fsp3) is 0. The Balaban J connectivity index is 1.46. The number of nitrogens with one attached hydrogen (secondary N) is 2. The molecule has 4 rings (SSSR count). The van der Waals surface area contributed by atoms with Crippen LogP contribution in [-0.2, 0) is 0 Å². The van der Waals surface area contributed by atoms with Gasteiger partial charge in [-0.25, -0.2) is 0 Å². The summed E-state index contributed by atoms with van der Waals surface area (Å²) in [6.07, 6.45) is 3.05. The van der Waals surface area contributed by atoms with Crippen LogP contribution in [0.5, 0.6) is 0 Å². The summed E-state index contributed by atoms with van der Waals surface area (Å²) >= 11 is 1.18. The van der Waals surface area contributed by atoms with E-state index in [9.17, 15) is 9.59 Å². The van der Waals surface area contributed by atoms with Crippen LogP contribution in [0.25, 0.3) is 10.9 Å². The molecule has 0 unspecified atom stereocenters. The van der Waals surface area contributed by atoms with Crippen LogP contribution in [0, 0.1) is 0 Å². The van der Waals surface area contributed by atoms with E-state index in [1.54, 1.807) is 30.5 Å². The first kappa shape index (κ1) is 16.0. The second-order valence-electron chi connectivity index (χ2n) is 5.47. The minimum absolute atomic E-state index is 0.214. The monoisotopic (exact) mass is 363 g/mol. The molecule has 0 saturated heterocycles. The lowest BCUT2D eigenvalue weighted by atomic mass is 10.2. The third kappa shape index (κ3) is 3.33. The fourth-order valence-electron chi connectivity index (χ4n) is 2.44. The fourth-order valence-corrected chi connectivity index (χ4v) is 3.24. The van der Waals surface area contributed by atoms with Gasteiger partial charge in [0.05, 0.1) is 33.5 Å². The molecule has 26 heavy (non-hydrogen) atoms. The van der Waals surface area contributed by atoms with Crippen molar-refractivity contribution in [2.45, 2.75) is 0 Å². The lowest BCUT2D eigenvalue weighted by Gasteiger charge is -2.04. The molecule has 4 aromatic rings. The van der Waals surface area contributed by atoms with E-state index in [1.807, 2.05) is 30.3 Å². The number of rotatable bonds is 4. The number of nitrogens with zero attached hydrogens (tertiary/aromatic N) is 1. The zero-order valence-electron chi connectivity index (χ0n) is 13.4. The van der Waals surface area contributed by atoms with Crippen LogP contribution in [-0.4, -0.2) is 16.8 Å². The molecule has 128 valence electrons. The predicted octanol–water partition coefficient (Wildman–Crippen LogP) is 4.39. The first-order chi connectivity index (χ1) is 12.7. The van der Waals surface area contributed by atoms with Gasteiger partial charge in [-0.1, -0.05) is 18.2 Å². The van der Waals surface area contributed by atoms with Gasteiger partial charge in [-0.2, -0.15) is 0 Å². The number of aromatic nitrogens is 1. The average Bonchev–Trinajstić information content (AvgIpc) is 3.33. The normalized spacial score (nSPS) is 10.6. The van der Waals surface area contributed by atoms with Crippen molar-refractivity contribution >= 4 is 44.7 Å². The Bertz CT molecular complexity index is 1090. The number of benzene rings is 1. The van der Waals surface area contributed by atoms with Gasteiger partial charge in [-0.05, 0) is 36.4 Å². The van der Waals surface area contributed by atoms with Crippen molar-refractivity contribution in [3.05, 3.63) is 77.7 Å². The number of amides is 2. The van der Waals surface area contributed by atoms with Gasteiger partial charge in [-0.15, -0.1) is 11.3 Å². The highest BCUT2D eigenvalue weighted by Crippen LogP contribution is 2.24. The molecule has 3 heterocycles. The summed E-state index contributed by atoms with van der Waals surface area (Å²) in [5, 5.41) is 7.03. The Morgan fingerprint density at radius 1 is 0.962 bits per heavy atom. The Hall–Kier alpha value is -3.45. The van der Waals surface area contributed by atoms with Gasteiger partial charge in [-0.3, -0.25) is 14.6 Å². The van der Waals surface area contributed by atoms with Gasteiger partial charge >= 0.3 is 0 Å². The molecule has 0 bridgehead atoms. The third-order valence-electron chi connectivity index (χ3n) is 3.66. The van der Waals surface area contributed by atoms with Crippen LogP contribution in [0.3, 0.4) is 0 Å². The van der Waals surface area contributed by atoms with Crippen molar-refractivity contribution in [3.63, 3.8) is 0 Å². The van der Waals surface area contributed by atoms with E-state index >= 15 is 0 Å². The molecule has 0 saturated carbocycles. The summed E-state index contributed by atoms with van der Waals surface area (Å²) in [5.74, 6) is -0.403. The molecule has 0 aliphatic carbocycles. The lowest BCUT2D eigenvalue weighted by molar-refractivity contribution is 0.0995. The maximum Gasteiger partial charge on any atom is 0.291 e. The van der Waals surface area contributed by atoms with Crippen LogP contribution in [0.1, 0.15) is 20.2 Å². The first-order valence-corrected chi connectivity index (χ1v) is 8.61. The number of anilines is 2. The Morgan fingerprint density at radius 2 is 1.85 bits per heavy atom. The molecular weight excluding hydrogens is 350 g/mol.